The van der Waals surface area contributed by atoms with Crippen molar-refractivity contribution in [1.29, 1.82) is 0 Å². The smallest absolute Gasteiger partial charge is 0.306 e. The Labute approximate surface area is 211 Å². The third-order valence-corrected chi connectivity index (χ3v) is 6.95. The summed E-state index contributed by atoms with van der Waals surface area (Å²) in [5.74, 6) is -5.77. The average Bonchev–Trinajstić information content (AvgIpc) is 2.65. The van der Waals surface area contributed by atoms with Crippen LogP contribution in [0.25, 0.3) is 0 Å². The van der Waals surface area contributed by atoms with Gasteiger partial charge in [0.2, 0.25) is 0 Å². The molecule has 192 valence electrons. The molecule has 0 saturated heterocycles. The van der Waals surface area contributed by atoms with Crippen LogP contribution >= 0.6 is 50.5 Å². The second-order valence-electron chi connectivity index (χ2n) is 7.27. The van der Waals surface area contributed by atoms with E-state index in [4.69, 9.17) is 14.9 Å². The van der Waals surface area contributed by atoms with E-state index >= 15 is 0 Å². The summed E-state index contributed by atoms with van der Waals surface area (Å²) in [6.45, 7) is -2.41. The van der Waals surface area contributed by atoms with Gasteiger partial charge in [-0.3, -0.25) is 19.2 Å². The van der Waals surface area contributed by atoms with Crippen LogP contribution in [0.5, 0.6) is 0 Å². The van der Waals surface area contributed by atoms with Gasteiger partial charge in [0.15, 0.2) is 0 Å². The Morgan fingerprint density at radius 1 is 0.697 bits per heavy atom. The van der Waals surface area contributed by atoms with Crippen molar-refractivity contribution in [2.24, 2.45) is 5.41 Å². The molecule has 0 radical (unpaired) electrons. The lowest BCUT2D eigenvalue weighted by Gasteiger charge is -2.57. The molecule has 0 aliphatic rings. The van der Waals surface area contributed by atoms with Gasteiger partial charge in [0, 0.05) is 15.7 Å². The molecule has 0 fully saturated rings. The number of hydrogen-bond donors (Lipinski definition) is 11. The predicted octanol–water partition coefficient (Wildman–Crippen LogP) is -0.876. The van der Waals surface area contributed by atoms with Gasteiger partial charge < -0.3 is 40.5 Å². The topological polar surface area (TPSA) is 219 Å². The van der Waals surface area contributed by atoms with Gasteiger partial charge in [-0.15, -0.1) is 12.6 Å². The number of carboxylic acid groups (broad SMARTS) is 4. The van der Waals surface area contributed by atoms with Gasteiger partial charge >= 0.3 is 23.9 Å². The van der Waals surface area contributed by atoms with Crippen LogP contribution in [0.1, 0.15) is 25.7 Å². The van der Waals surface area contributed by atoms with Crippen LogP contribution in [-0.4, -0.2) is 106 Å². The van der Waals surface area contributed by atoms with Crippen molar-refractivity contribution in [3.05, 3.63) is 0 Å². The second kappa shape index (κ2) is 13.9. The number of aliphatic carboxylic acids is 4. The van der Waals surface area contributed by atoms with Crippen molar-refractivity contribution in [3.63, 3.8) is 0 Å². The number of carbonyl (C=O) groups is 4. The minimum atomic E-state index is -2.47. The number of ether oxygens (including phenoxy) is 1. The number of carboxylic acids is 4. The first-order valence-corrected chi connectivity index (χ1v) is 11.3. The fraction of sp³-hybridized carbons (Fsp3) is 0.765. The highest BCUT2D eigenvalue weighted by Gasteiger charge is 2.64. The van der Waals surface area contributed by atoms with Gasteiger partial charge in [-0.1, -0.05) is 0 Å². The molecule has 0 bridgehead atoms. The summed E-state index contributed by atoms with van der Waals surface area (Å²) in [7, 11) is 0. The highest BCUT2D eigenvalue weighted by molar-refractivity contribution is 7.82. The first-order chi connectivity index (χ1) is 15.1. The molecule has 0 aliphatic heterocycles. The molecule has 0 spiro atoms. The zero-order valence-electron chi connectivity index (χ0n) is 17.1. The van der Waals surface area contributed by atoms with Crippen LogP contribution < -0.4 is 0 Å². The summed E-state index contributed by atoms with van der Waals surface area (Å²) in [5, 5.41) is 63.8. The van der Waals surface area contributed by atoms with E-state index in [0.717, 1.165) is 0 Å². The lowest BCUT2D eigenvalue weighted by atomic mass is 9.63. The van der Waals surface area contributed by atoms with E-state index in [-0.39, 0.29) is 0 Å². The highest BCUT2D eigenvalue weighted by Crippen LogP contribution is 2.50. The molecule has 0 rings (SSSR count). The molecule has 0 aromatic rings. The van der Waals surface area contributed by atoms with Crippen LogP contribution in [0.2, 0.25) is 0 Å². The Kier molecular flexibility index (Phi) is 13.5. The van der Waals surface area contributed by atoms with Gasteiger partial charge in [0.25, 0.3) is 0 Å². The largest absolute Gasteiger partial charge is 0.481 e. The lowest BCUT2D eigenvalue weighted by Crippen LogP contribution is -2.71. The van der Waals surface area contributed by atoms with Crippen LogP contribution in [-0.2, 0) is 23.9 Å². The van der Waals surface area contributed by atoms with Gasteiger partial charge in [-0.05, 0) is 0 Å². The number of aliphatic hydroxyl groups is 3. The molecule has 12 nitrogen and oxygen atoms in total. The number of aliphatic hydroxyl groups excluding tert-OH is 3. The summed E-state index contributed by atoms with van der Waals surface area (Å²) in [4.78, 5) is 45.3. The molecule has 0 aromatic carbocycles. The zero-order valence-corrected chi connectivity index (χ0v) is 20.7. The van der Waals surface area contributed by atoms with Gasteiger partial charge in [-0.2, -0.15) is 37.9 Å². The maximum atomic E-state index is 11.5. The summed E-state index contributed by atoms with van der Waals surface area (Å²) in [6, 6.07) is 0. The zero-order chi connectivity index (χ0) is 26.1. The van der Waals surface area contributed by atoms with E-state index in [1.54, 1.807) is 0 Å². The van der Waals surface area contributed by atoms with Crippen molar-refractivity contribution in [2.75, 3.05) is 13.2 Å². The lowest BCUT2D eigenvalue weighted by molar-refractivity contribution is -0.219. The van der Waals surface area contributed by atoms with Crippen LogP contribution in [0.3, 0.4) is 0 Å². The minimum absolute atomic E-state index is 0.784. The van der Waals surface area contributed by atoms with Crippen LogP contribution in [0, 0.1) is 5.41 Å². The SMILES string of the molecule is O=C(O)CC(S)OC(C(S)CC(=O)O)(C(S)CC(=O)O)C(CO)(CO)C(O)C(S)CC(=O)O. The van der Waals surface area contributed by atoms with Crippen molar-refractivity contribution >= 4 is 74.4 Å². The van der Waals surface area contributed by atoms with E-state index in [2.05, 4.69) is 50.5 Å². The quantitative estimate of drug-likeness (QED) is 0.0783. The van der Waals surface area contributed by atoms with Crippen molar-refractivity contribution < 1.29 is 59.7 Å². The molecule has 16 heteroatoms. The standard InChI is InChI=1S/C17H28O12S4/c18-5-16(6-19,15(28)7(30)1-10(20)21)17(8(31)2-11(22)23,9(32)3-12(24)25)29-14(33)4-13(26)27/h7-9,14-15,18-19,28,30-33H,1-6H2,(H,20,21)(H,22,23)(H,24,25)(H,26,27). The Morgan fingerprint density at radius 3 is 1.36 bits per heavy atom. The van der Waals surface area contributed by atoms with E-state index < -0.39 is 101 Å². The maximum absolute atomic E-state index is 11.5. The third-order valence-electron chi connectivity index (χ3n) is 5.06. The average molecular weight is 553 g/mol. The molecule has 7 N–H and O–H groups in total. The first-order valence-electron chi connectivity index (χ1n) is 9.28. The first kappa shape index (κ1) is 32.1. The number of rotatable bonds is 17. The fourth-order valence-electron chi connectivity index (χ4n) is 3.58. The van der Waals surface area contributed by atoms with Crippen molar-refractivity contribution in [3.8, 4) is 0 Å². The molecular weight excluding hydrogens is 524 g/mol. The molecule has 0 saturated carbocycles. The van der Waals surface area contributed by atoms with E-state index in [0.29, 0.717) is 0 Å². The molecule has 0 amide bonds. The molecule has 5 unspecified atom stereocenters. The Balaban J connectivity index is 7.14. The van der Waals surface area contributed by atoms with Crippen LogP contribution in [0.15, 0.2) is 0 Å². The van der Waals surface area contributed by atoms with Crippen molar-refractivity contribution in [1.82, 2.24) is 0 Å². The van der Waals surface area contributed by atoms with Gasteiger partial charge in [-0.25, -0.2) is 0 Å². The molecule has 33 heavy (non-hydrogen) atoms. The minimum Gasteiger partial charge on any atom is -0.481 e. The second-order valence-corrected chi connectivity index (χ2v) is 9.76. The number of hydrogen-bond acceptors (Lipinski definition) is 12. The monoisotopic (exact) mass is 552 g/mol. The fourth-order valence-corrected chi connectivity index (χ4v) is 5.78. The molecule has 0 aromatic heterocycles. The van der Waals surface area contributed by atoms with E-state index in [1.165, 1.54) is 0 Å². The highest BCUT2D eigenvalue weighted by atomic mass is 32.1. The third kappa shape index (κ3) is 8.09. The summed E-state index contributed by atoms with van der Waals surface area (Å²) in [6.07, 6.45) is -5.39. The predicted molar refractivity (Wildman–Crippen MR) is 127 cm³/mol. The normalized spacial score (nSPS) is 18.4. The summed E-state index contributed by atoms with van der Waals surface area (Å²) in [5.41, 5.74) is -6.46. The van der Waals surface area contributed by atoms with Gasteiger partial charge in [0.1, 0.15) is 11.0 Å². The Bertz CT molecular complexity index is 679. The molecule has 0 aliphatic carbocycles. The molecular formula is C17H28O12S4. The van der Waals surface area contributed by atoms with E-state index in [9.17, 15) is 44.7 Å². The van der Waals surface area contributed by atoms with Gasteiger partial charge in [0.05, 0.1) is 50.4 Å². The summed E-state index contributed by atoms with van der Waals surface area (Å²) < 4.78 is 5.74. The Morgan fingerprint density at radius 2 is 1.06 bits per heavy atom. The molecule has 0 heterocycles. The van der Waals surface area contributed by atoms with Crippen molar-refractivity contribution in [2.45, 2.75) is 58.6 Å². The number of thiol groups is 4. The maximum Gasteiger partial charge on any atom is 0.306 e. The van der Waals surface area contributed by atoms with E-state index in [1.807, 2.05) is 0 Å². The Hall–Kier alpha value is -0.880. The van der Waals surface area contributed by atoms with Crippen LogP contribution in [0.4, 0.5) is 0 Å². The summed E-state index contributed by atoms with van der Waals surface area (Å²) >= 11 is 16.4. The molecule has 5 atom stereocenters.